The number of carbonyl (C=O) groups is 3. The first kappa shape index (κ1) is 148. The smallest absolute Gasteiger partial charge is 0.402 e. The molecule has 7 rings (SSSR count). The number of rotatable bonds is 46. The Morgan fingerprint density at radius 3 is 0.947 bits per heavy atom. The molecule has 2 aliphatic carbocycles. The van der Waals surface area contributed by atoms with Crippen LogP contribution in [0.3, 0.4) is 0 Å². The molecule has 5 aromatic carbocycles. The summed E-state index contributed by atoms with van der Waals surface area (Å²) >= 11 is 81.1. The van der Waals surface area contributed by atoms with Gasteiger partial charge >= 0.3 is 18.1 Å². The van der Waals surface area contributed by atoms with Crippen molar-refractivity contribution < 1.29 is 47.2 Å². The zero-order valence-electron chi connectivity index (χ0n) is 75.3. The summed E-state index contributed by atoms with van der Waals surface area (Å²) in [5.41, 5.74) is 8.49. The summed E-state index contributed by atoms with van der Waals surface area (Å²) in [6, 6.07) is 45.0. The monoisotopic (exact) mass is 3500 g/mol. The van der Waals surface area contributed by atoms with Gasteiger partial charge in [0.2, 0.25) is 0 Å². The number of nitrogens with zero attached hydrogens (tertiary/aromatic N) is 1. The zero-order chi connectivity index (χ0) is 99.0. The van der Waals surface area contributed by atoms with Gasteiger partial charge in [0.05, 0.1) is 45.7 Å². The van der Waals surface area contributed by atoms with Gasteiger partial charge in [-0.05, 0) is 134 Å². The predicted molar refractivity (Wildman–Crippen MR) is 670 cm³/mol. The van der Waals surface area contributed by atoms with Gasteiger partial charge in [0.1, 0.15) is 14.5 Å². The van der Waals surface area contributed by atoms with Gasteiger partial charge in [-0.3, -0.25) is 14.4 Å². The number of aliphatic hydroxyl groups is 2. The largest absolute Gasteiger partial charge is 0.465 e. The van der Waals surface area contributed by atoms with E-state index in [9.17, 15) is 27.6 Å². The number of esters is 2. The van der Waals surface area contributed by atoms with Crippen molar-refractivity contribution >= 4 is 430 Å². The second-order valence-corrected chi connectivity index (χ2v) is 50.0. The van der Waals surface area contributed by atoms with Crippen LogP contribution in [0.15, 0.2) is 133 Å². The number of halogens is 28. The van der Waals surface area contributed by atoms with Crippen LogP contribution in [-0.4, -0.2) is 176 Å². The molecule has 0 radical (unpaired) electrons. The van der Waals surface area contributed by atoms with Crippen LogP contribution in [0.1, 0.15) is 256 Å². The molecule has 8 nitrogen and oxygen atoms in total. The molecule has 0 aliphatic heterocycles. The molecular weight excluding hydrogens is 3380 g/mol. The molecule has 0 heterocycles. The molecule has 3 unspecified atom stereocenters. The maximum Gasteiger partial charge on any atom is 0.402 e. The standard InChI is InChI=1S/C15H10Br2O.C14H12Br2.C12H24Br2.C10H16Br2O4.C8H8Br2.C8H16I2.C6H10Br2.C6H12Br2.C5H10Br2O2.C5H11Cl2N.C3H3Br2F3.C3H6I2.ClH/c16-13-9-5-1-3-7-11(9)15(18)12-8-4-2-6-10(12)14(13)17;15-13(11-7-3-1-4-8-11)14(16)12-9-5-2-6-10-12;13-11-9-7-5-3-1-2-4-6-8-10-12-14;1-3-15-9(13)7(11)5-6-8(12)10(14)16-4-2;9-5-7-1-2-8(6-10)4-3-7;9-7-5-3-1-2-4-6-8-10;7-5-3-1-2-4-6(5)8;7-5-3-1-2-4-6-8;6-1-5(2-7,3-8)4-9;1-8(4-2-6)5-3-7;4-1-2(5)3(6,7)8;4-2-1-3-5;/h1-8,13-14H;1-10,13-14H;1-12H2;7-8H,3-6H2,1-2H3;1-4H,5-6H2;1-8H2;5-6H,1-4H2;1-6H2;8-9H,1-4H2;2-5H2,1H3;2H,1H2;1-3H2;1H/t;13-,14+;;7-,8+;;;5-,6-;;;;;;/m......0....../s1. The van der Waals surface area contributed by atoms with E-state index in [4.69, 9.17) is 42.9 Å². The second-order valence-electron chi connectivity index (χ2n) is 29.2. The summed E-state index contributed by atoms with van der Waals surface area (Å²) in [6.45, 7) is 6.07. The lowest BCUT2D eigenvalue weighted by molar-refractivity contribution is -0.144. The van der Waals surface area contributed by atoms with Crippen molar-refractivity contribution in [1.82, 2.24) is 4.90 Å². The van der Waals surface area contributed by atoms with E-state index in [1.54, 1.807) is 13.8 Å². The minimum Gasteiger partial charge on any atom is -0.465 e. The highest BCUT2D eigenvalue weighted by atomic mass is 127. The maximum absolute atomic E-state index is 12.6. The highest BCUT2D eigenvalue weighted by Crippen LogP contribution is 2.48. The number of aliphatic hydroxyl groups excluding tert-OH is 2. The number of fused-ring (bicyclic) bond motifs is 2. The van der Waals surface area contributed by atoms with E-state index in [1.807, 2.05) is 67.7 Å². The van der Waals surface area contributed by atoms with Crippen molar-refractivity contribution in [3.05, 3.63) is 178 Å². The Hall–Kier alpha value is 6.81. The lowest BCUT2D eigenvalue weighted by Crippen LogP contribution is -2.33. The van der Waals surface area contributed by atoms with Crippen molar-refractivity contribution in [3.63, 3.8) is 0 Å². The summed E-state index contributed by atoms with van der Waals surface area (Å²) in [5, 5.41) is 25.2. The van der Waals surface area contributed by atoms with E-state index in [-0.39, 0.29) is 83.1 Å². The van der Waals surface area contributed by atoms with E-state index in [0.29, 0.717) is 48.5 Å². The van der Waals surface area contributed by atoms with Gasteiger partial charge < -0.3 is 24.6 Å². The molecule has 0 bridgehead atoms. The van der Waals surface area contributed by atoms with E-state index in [0.717, 1.165) is 66.3 Å². The third-order valence-electron chi connectivity index (χ3n) is 18.4. The van der Waals surface area contributed by atoms with Crippen LogP contribution in [0, 0.1) is 5.41 Å². The first-order chi connectivity index (χ1) is 62.4. The number of benzene rings is 5. The summed E-state index contributed by atoms with van der Waals surface area (Å²) in [5.74, 6) is 0.880. The molecule has 131 heavy (non-hydrogen) atoms. The van der Waals surface area contributed by atoms with Gasteiger partial charge in [-0.2, -0.15) is 13.2 Å². The first-order valence-corrected chi connectivity index (χ1v) is 69.3. The number of carbonyl (C=O) groups excluding carboxylic acids is 3. The molecule has 36 heteroatoms. The Kier molecular flexibility index (Phi) is 121. The van der Waals surface area contributed by atoms with E-state index in [2.05, 4.69) is 455 Å². The summed E-state index contributed by atoms with van der Waals surface area (Å²) < 4.78 is 49.1. The second kappa shape index (κ2) is 107. The molecule has 9 atom stereocenters. The third kappa shape index (κ3) is 84.2. The van der Waals surface area contributed by atoms with E-state index >= 15 is 0 Å². The van der Waals surface area contributed by atoms with Crippen LogP contribution in [0.25, 0.3) is 0 Å². The molecule has 0 saturated heterocycles. The van der Waals surface area contributed by atoms with Crippen LogP contribution in [0.5, 0.6) is 0 Å². The fourth-order valence-corrected chi connectivity index (χ4v) is 23.3. The quantitative estimate of drug-likeness (QED) is 0.0171. The lowest BCUT2D eigenvalue weighted by atomic mass is 9.97. The Morgan fingerprint density at radius 1 is 0.450 bits per heavy atom. The highest BCUT2D eigenvalue weighted by Gasteiger charge is 2.37. The molecule has 0 aromatic heterocycles. The van der Waals surface area contributed by atoms with Crippen molar-refractivity contribution in [2.24, 2.45) is 5.41 Å². The SMILES string of the molecule is BrCCCCCCBr.BrCCCCCCCCCCCCBr.BrCc1ccc(CBr)cc1.Br[C@H](c1ccccc1)[C@@H](Br)c1ccccc1.Br[C@H]1CCCC[C@@H]1Br.CCOC(=O)[C@H](Br)CC[C@H](Br)C(=O)OCC.CN(CCCl)CCCl.Cl.FC(F)(F)C(Br)CBr.ICCCCCCCCI.ICCCI.O=C1c2ccccc2C(Br)C(Br)c2ccccc21.OCC(CO)(CBr)CBr. The third-order valence-corrected chi connectivity index (χ3v) is 40.2. The number of ketones is 1. The van der Waals surface area contributed by atoms with Gasteiger partial charge in [0, 0.05) is 108 Å². The molecule has 5 aromatic rings. The number of hydrogen-bond acceptors (Lipinski definition) is 8. The molecule has 2 N–H and O–H groups in total. The summed E-state index contributed by atoms with van der Waals surface area (Å²) in [7, 11) is 2.00. The fraction of sp³-hybridized carbons (Fsp3) is 0.653. The van der Waals surface area contributed by atoms with Crippen LogP contribution in [0.2, 0.25) is 0 Å². The highest BCUT2D eigenvalue weighted by molar-refractivity contribution is 14.1. The van der Waals surface area contributed by atoms with Gasteiger partial charge in [0.15, 0.2) is 5.78 Å². The molecule has 2 aliphatic rings. The van der Waals surface area contributed by atoms with E-state index < -0.39 is 11.0 Å². The molecule has 1 fully saturated rings. The van der Waals surface area contributed by atoms with Crippen LogP contribution in [0.4, 0.5) is 13.2 Å². The lowest BCUT2D eigenvalue weighted by Gasteiger charge is -2.23. The number of alkyl halides is 27. The van der Waals surface area contributed by atoms with E-state index in [1.165, 1.54) is 211 Å². The zero-order valence-corrected chi connectivity index (χ0v) is 115. The van der Waals surface area contributed by atoms with Crippen molar-refractivity contribution in [2.75, 3.05) is 113 Å². The average Bonchev–Trinajstić information content (AvgIpc) is 1.64. The van der Waals surface area contributed by atoms with Gasteiger partial charge in [-0.25, -0.2) is 0 Å². The normalized spacial score (nSPS) is 15.0. The van der Waals surface area contributed by atoms with Crippen LogP contribution < -0.4 is 0 Å². The Balaban J connectivity index is -0.000000330. The van der Waals surface area contributed by atoms with Gasteiger partial charge in [0.25, 0.3) is 0 Å². The number of hydrogen-bond donors (Lipinski definition) is 2. The minimum atomic E-state index is -4.12. The topological polar surface area (TPSA) is 113 Å². The Morgan fingerprint density at radius 2 is 0.733 bits per heavy atom. The number of unbranched alkanes of at least 4 members (excludes halogenated alkanes) is 17. The number of ether oxygens (including phenoxy) is 2. The molecule has 1 saturated carbocycles. The van der Waals surface area contributed by atoms with Crippen molar-refractivity contribution in [1.29, 1.82) is 0 Å². The van der Waals surface area contributed by atoms with Crippen molar-refractivity contribution in [2.45, 2.75) is 247 Å². The molecule has 762 valence electrons. The van der Waals surface area contributed by atoms with Crippen molar-refractivity contribution in [3.8, 4) is 0 Å². The summed E-state index contributed by atoms with van der Waals surface area (Å²) in [6.07, 6.45) is 32.0. The Labute approximate surface area is 1010 Å². The van der Waals surface area contributed by atoms with Gasteiger partial charge in [-0.1, -0.05) is 613 Å². The molecular formula is C95H139Br18Cl3F3I4NO7. The summed E-state index contributed by atoms with van der Waals surface area (Å²) in [4.78, 5) is 37.2. The molecule has 0 amide bonds. The van der Waals surface area contributed by atoms with Crippen LogP contribution >= 0.6 is 413 Å². The maximum atomic E-state index is 12.6. The Bertz CT molecular complexity index is 3120. The van der Waals surface area contributed by atoms with Crippen LogP contribution in [-0.2, 0) is 29.7 Å². The molecule has 0 spiro atoms. The first-order valence-electron chi connectivity index (χ1n) is 43.7. The van der Waals surface area contributed by atoms with Gasteiger partial charge in [-0.15, -0.1) is 35.6 Å². The average molecular weight is 3520 g/mol. The fourth-order valence-electron chi connectivity index (χ4n) is 10.5. The predicted octanol–water partition coefficient (Wildman–Crippen LogP) is 39.8. The minimum absolute atomic E-state index is 0.